The van der Waals surface area contributed by atoms with Gasteiger partial charge in [-0.3, -0.25) is 19.4 Å². The normalized spacial score (nSPS) is 26.5. The summed E-state index contributed by atoms with van der Waals surface area (Å²) in [4.78, 5) is 36.5. The van der Waals surface area contributed by atoms with Crippen LogP contribution >= 0.6 is 0 Å². The highest BCUT2D eigenvalue weighted by atomic mass is 16.2. The largest absolute Gasteiger partial charge is 0.368 e. The van der Waals surface area contributed by atoms with Crippen molar-refractivity contribution in [3.8, 4) is 0 Å². The van der Waals surface area contributed by atoms with E-state index in [0.29, 0.717) is 25.9 Å². The molecule has 2 atom stereocenters. The van der Waals surface area contributed by atoms with Crippen LogP contribution in [0.3, 0.4) is 0 Å². The van der Waals surface area contributed by atoms with Gasteiger partial charge in [-0.1, -0.05) is 6.58 Å². The minimum absolute atomic E-state index is 0.166. The molecule has 0 aromatic heterocycles. The summed E-state index contributed by atoms with van der Waals surface area (Å²) in [6, 6.07) is -0.984. The van der Waals surface area contributed by atoms with Crippen molar-refractivity contribution in [2.75, 3.05) is 13.1 Å². The second kappa shape index (κ2) is 5.40. The maximum absolute atomic E-state index is 12.3. The third-order valence-electron chi connectivity index (χ3n) is 3.56. The summed E-state index contributed by atoms with van der Waals surface area (Å²) < 4.78 is 0. The van der Waals surface area contributed by atoms with Gasteiger partial charge in [-0.2, -0.15) is 0 Å². The van der Waals surface area contributed by atoms with Crippen LogP contribution in [0.1, 0.15) is 19.3 Å². The molecule has 2 unspecified atom stereocenters. The van der Waals surface area contributed by atoms with Crippen LogP contribution in [-0.2, 0) is 14.4 Å². The van der Waals surface area contributed by atoms with Crippen molar-refractivity contribution in [3.05, 3.63) is 12.7 Å². The Balaban J connectivity index is 1.99. The summed E-state index contributed by atoms with van der Waals surface area (Å²) in [6.45, 7) is 4.40. The second-order valence-corrected chi connectivity index (χ2v) is 4.76. The summed E-state index contributed by atoms with van der Waals surface area (Å²) in [5.74, 6) is -0.897. The van der Waals surface area contributed by atoms with Gasteiger partial charge in [0.2, 0.25) is 11.8 Å². The Labute approximate surface area is 111 Å². The smallest absolute Gasteiger partial charge is 0.260 e. The van der Waals surface area contributed by atoms with E-state index < -0.39 is 18.0 Å². The monoisotopic (exact) mass is 266 g/mol. The van der Waals surface area contributed by atoms with Gasteiger partial charge in [0.05, 0.1) is 0 Å². The van der Waals surface area contributed by atoms with E-state index >= 15 is 0 Å². The number of likely N-dealkylation sites (tertiary alicyclic amines) is 1. The second-order valence-electron chi connectivity index (χ2n) is 4.76. The van der Waals surface area contributed by atoms with E-state index in [4.69, 9.17) is 5.73 Å². The molecule has 2 saturated heterocycles. The van der Waals surface area contributed by atoms with Gasteiger partial charge in [-0.05, 0) is 25.3 Å². The molecule has 0 radical (unpaired) electrons. The topological polar surface area (TPSA) is 95.7 Å². The van der Waals surface area contributed by atoms with E-state index in [1.54, 1.807) is 0 Å². The van der Waals surface area contributed by atoms with Crippen LogP contribution in [0.15, 0.2) is 12.7 Å². The predicted octanol–water partition coefficient (Wildman–Crippen LogP) is -1.25. The zero-order valence-corrected chi connectivity index (χ0v) is 10.7. The first kappa shape index (κ1) is 13.5. The van der Waals surface area contributed by atoms with Crippen molar-refractivity contribution >= 4 is 17.7 Å². The maximum Gasteiger partial charge on any atom is 0.260 e. The summed E-state index contributed by atoms with van der Waals surface area (Å²) >= 11 is 0. The Morgan fingerprint density at radius 3 is 2.63 bits per heavy atom. The third-order valence-corrected chi connectivity index (χ3v) is 3.56. The Bertz CT molecular complexity index is 423. The minimum atomic E-state index is -0.515. The summed E-state index contributed by atoms with van der Waals surface area (Å²) in [7, 11) is 0. The molecule has 0 aromatic carbocycles. The molecule has 2 rings (SSSR count). The lowest BCUT2D eigenvalue weighted by Crippen LogP contribution is -2.52. The van der Waals surface area contributed by atoms with E-state index in [1.165, 1.54) is 16.0 Å². The van der Waals surface area contributed by atoms with Crippen molar-refractivity contribution in [2.45, 2.75) is 31.3 Å². The summed E-state index contributed by atoms with van der Waals surface area (Å²) in [6.07, 6.45) is 3.12. The Kier molecular flexibility index (Phi) is 3.84. The molecule has 0 aromatic rings. The molecule has 3 N–H and O–H groups in total. The quantitative estimate of drug-likeness (QED) is 0.624. The first-order valence-electron chi connectivity index (χ1n) is 6.34. The molecular weight excluding hydrogens is 248 g/mol. The highest BCUT2D eigenvalue weighted by Crippen LogP contribution is 2.20. The first-order valence-corrected chi connectivity index (χ1v) is 6.34. The van der Waals surface area contributed by atoms with Gasteiger partial charge in [0.25, 0.3) is 5.91 Å². The molecule has 2 aliphatic heterocycles. The van der Waals surface area contributed by atoms with E-state index in [0.717, 1.165) is 6.42 Å². The van der Waals surface area contributed by atoms with Crippen LogP contribution in [0.5, 0.6) is 0 Å². The van der Waals surface area contributed by atoms with E-state index in [9.17, 15) is 14.4 Å². The van der Waals surface area contributed by atoms with Gasteiger partial charge in [-0.25, -0.2) is 5.43 Å². The molecule has 7 heteroatoms. The van der Waals surface area contributed by atoms with Gasteiger partial charge in [0.1, 0.15) is 12.1 Å². The van der Waals surface area contributed by atoms with Crippen molar-refractivity contribution in [2.24, 2.45) is 5.73 Å². The zero-order chi connectivity index (χ0) is 14.0. The summed E-state index contributed by atoms with van der Waals surface area (Å²) in [5.41, 5.74) is 8.14. The number of primary amides is 1. The van der Waals surface area contributed by atoms with Crippen LogP contribution in [0.2, 0.25) is 0 Å². The lowest BCUT2D eigenvalue weighted by molar-refractivity contribution is -0.139. The van der Waals surface area contributed by atoms with Crippen molar-refractivity contribution < 1.29 is 14.4 Å². The number of carbonyl (C=O) groups excluding carboxylic acids is 3. The van der Waals surface area contributed by atoms with E-state index in [-0.39, 0.29) is 11.8 Å². The molecule has 19 heavy (non-hydrogen) atoms. The average Bonchev–Trinajstić information content (AvgIpc) is 3.05. The molecule has 2 aliphatic rings. The van der Waals surface area contributed by atoms with Crippen molar-refractivity contribution in [3.63, 3.8) is 0 Å². The molecule has 0 bridgehead atoms. The molecular formula is C12H18N4O3. The molecule has 104 valence electrons. The predicted molar refractivity (Wildman–Crippen MR) is 67.4 cm³/mol. The van der Waals surface area contributed by atoms with Gasteiger partial charge in [0.15, 0.2) is 0 Å². The number of hydrazine groups is 1. The standard InChI is InChI=1S/C12H18N4O3/c1-2-10(17)16-7-5-8(14-16)12(19)15-6-3-4-9(15)11(13)18/h2,8-9,14H,1,3-7H2,(H2,13,18). The Morgan fingerprint density at radius 1 is 1.26 bits per heavy atom. The number of nitrogens with two attached hydrogens (primary N) is 1. The average molecular weight is 266 g/mol. The third kappa shape index (κ3) is 2.60. The fourth-order valence-corrected chi connectivity index (χ4v) is 2.56. The van der Waals surface area contributed by atoms with Crippen LogP contribution in [0.4, 0.5) is 0 Å². The van der Waals surface area contributed by atoms with Gasteiger partial charge in [-0.15, -0.1) is 0 Å². The number of hydrogen-bond acceptors (Lipinski definition) is 4. The number of nitrogens with one attached hydrogen (secondary N) is 1. The highest BCUT2D eigenvalue weighted by Gasteiger charge is 2.38. The minimum Gasteiger partial charge on any atom is -0.368 e. The Morgan fingerprint density at radius 2 is 2.00 bits per heavy atom. The lowest BCUT2D eigenvalue weighted by atomic mass is 10.1. The summed E-state index contributed by atoms with van der Waals surface area (Å²) in [5, 5.41) is 1.37. The molecule has 0 spiro atoms. The van der Waals surface area contributed by atoms with E-state index in [2.05, 4.69) is 12.0 Å². The molecule has 7 nitrogen and oxygen atoms in total. The first-order chi connectivity index (χ1) is 9.04. The lowest BCUT2D eigenvalue weighted by Gasteiger charge is -2.25. The SMILES string of the molecule is C=CC(=O)N1CCC(C(=O)N2CCCC2C(N)=O)N1. The van der Waals surface area contributed by atoms with Gasteiger partial charge in [0, 0.05) is 13.1 Å². The fraction of sp³-hybridized carbons (Fsp3) is 0.583. The Hall–Kier alpha value is -1.89. The van der Waals surface area contributed by atoms with Crippen molar-refractivity contribution in [1.29, 1.82) is 0 Å². The van der Waals surface area contributed by atoms with Gasteiger partial charge < -0.3 is 10.6 Å². The molecule has 3 amide bonds. The maximum atomic E-state index is 12.3. The number of hydrogen-bond donors (Lipinski definition) is 2. The molecule has 2 fully saturated rings. The van der Waals surface area contributed by atoms with Gasteiger partial charge >= 0.3 is 0 Å². The van der Waals surface area contributed by atoms with E-state index in [1.807, 2.05) is 0 Å². The fourth-order valence-electron chi connectivity index (χ4n) is 2.56. The zero-order valence-electron chi connectivity index (χ0n) is 10.7. The van der Waals surface area contributed by atoms with Crippen molar-refractivity contribution in [1.82, 2.24) is 15.3 Å². The number of amides is 3. The number of rotatable bonds is 3. The molecule has 2 heterocycles. The van der Waals surface area contributed by atoms with Crippen LogP contribution in [0, 0.1) is 0 Å². The molecule has 0 aliphatic carbocycles. The number of carbonyl (C=O) groups is 3. The van der Waals surface area contributed by atoms with Crippen LogP contribution < -0.4 is 11.2 Å². The highest BCUT2D eigenvalue weighted by molar-refractivity contribution is 5.91. The number of nitrogens with zero attached hydrogens (tertiary/aromatic N) is 2. The van der Waals surface area contributed by atoms with Crippen LogP contribution in [-0.4, -0.2) is 52.8 Å². The molecule has 0 saturated carbocycles. The van der Waals surface area contributed by atoms with Crippen LogP contribution in [0.25, 0.3) is 0 Å².